The Hall–Kier alpha value is -2.86. The summed E-state index contributed by atoms with van der Waals surface area (Å²) in [6.45, 7) is 6.62. The van der Waals surface area contributed by atoms with Crippen LogP contribution in [0.1, 0.15) is 74.4 Å². The fourth-order valence-corrected chi connectivity index (χ4v) is 6.52. The van der Waals surface area contributed by atoms with Gasteiger partial charge in [0, 0.05) is 17.1 Å². The summed E-state index contributed by atoms with van der Waals surface area (Å²) in [6, 6.07) is 13.5. The van der Waals surface area contributed by atoms with Crippen LogP contribution in [0.4, 0.5) is 10.5 Å². The lowest BCUT2D eigenvalue weighted by atomic mass is 9.52. The molecule has 1 heterocycles. The van der Waals surface area contributed by atoms with Crippen molar-refractivity contribution in [2.75, 3.05) is 18.9 Å². The summed E-state index contributed by atoms with van der Waals surface area (Å²) in [7, 11) is 2.27. The van der Waals surface area contributed by atoms with Crippen LogP contribution in [0.15, 0.2) is 42.5 Å². The lowest BCUT2D eigenvalue weighted by molar-refractivity contribution is 0.00275. The SMILES string of the molecule is CN1CC[C@]23CCCC[C@H]2[C@@H]1Cc1ccc(OC(=O)Nc2ccc(C(=O)OC(C)(C)C)cc2)cc13. The number of likely N-dealkylation sites (tertiary alicyclic amines) is 1. The van der Waals surface area contributed by atoms with E-state index in [1.807, 2.05) is 26.8 Å². The molecular formula is C29H36N2O4. The van der Waals surface area contributed by atoms with E-state index in [0.29, 0.717) is 29.0 Å². The zero-order valence-electron chi connectivity index (χ0n) is 21.2. The maximum atomic E-state index is 12.7. The third-order valence-electron chi connectivity index (χ3n) is 8.06. The van der Waals surface area contributed by atoms with E-state index in [2.05, 4.69) is 29.4 Å². The highest BCUT2D eigenvalue weighted by molar-refractivity contribution is 5.91. The predicted molar refractivity (Wildman–Crippen MR) is 136 cm³/mol. The van der Waals surface area contributed by atoms with Crippen molar-refractivity contribution < 1.29 is 19.1 Å². The summed E-state index contributed by atoms with van der Waals surface area (Å²) in [5.74, 6) is 0.884. The Labute approximate surface area is 208 Å². The van der Waals surface area contributed by atoms with Gasteiger partial charge >= 0.3 is 12.1 Å². The highest BCUT2D eigenvalue weighted by Crippen LogP contribution is 2.55. The van der Waals surface area contributed by atoms with Crippen molar-refractivity contribution in [3.63, 3.8) is 0 Å². The number of ether oxygens (including phenoxy) is 2. The average molecular weight is 477 g/mol. The van der Waals surface area contributed by atoms with Crippen LogP contribution in [-0.4, -0.2) is 42.2 Å². The van der Waals surface area contributed by atoms with E-state index < -0.39 is 17.7 Å². The number of nitrogens with zero attached hydrogens (tertiary/aromatic N) is 1. The highest BCUT2D eigenvalue weighted by Gasteiger charge is 2.53. The quantitative estimate of drug-likeness (QED) is 0.555. The van der Waals surface area contributed by atoms with E-state index in [1.165, 1.54) is 43.2 Å². The molecule has 1 amide bonds. The van der Waals surface area contributed by atoms with E-state index in [9.17, 15) is 9.59 Å². The van der Waals surface area contributed by atoms with Crippen LogP contribution in [-0.2, 0) is 16.6 Å². The molecule has 1 saturated carbocycles. The van der Waals surface area contributed by atoms with Gasteiger partial charge in [0.05, 0.1) is 5.56 Å². The lowest BCUT2D eigenvalue weighted by Crippen LogP contribution is -2.59. The first kappa shape index (κ1) is 23.9. The van der Waals surface area contributed by atoms with Gasteiger partial charge in [0.1, 0.15) is 11.4 Å². The summed E-state index contributed by atoms with van der Waals surface area (Å²) in [6.07, 6.45) is 6.83. The van der Waals surface area contributed by atoms with Crippen molar-refractivity contribution in [3.8, 4) is 5.75 Å². The van der Waals surface area contributed by atoms with Crippen LogP contribution < -0.4 is 10.1 Å². The number of benzene rings is 2. The van der Waals surface area contributed by atoms with Gasteiger partial charge in [-0.3, -0.25) is 5.32 Å². The number of carbonyl (C=O) groups is 2. The normalized spacial score (nSPS) is 25.7. The fraction of sp³-hybridized carbons (Fsp3) is 0.517. The predicted octanol–water partition coefficient (Wildman–Crippen LogP) is 5.94. The second-order valence-electron chi connectivity index (χ2n) is 11.4. The molecule has 6 heteroatoms. The summed E-state index contributed by atoms with van der Waals surface area (Å²) >= 11 is 0. The lowest BCUT2D eigenvalue weighted by Gasteiger charge is -2.58. The van der Waals surface area contributed by atoms with Crippen molar-refractivity contribution in [3.05, 3.63) is 59.2 Å². The molecule has 5 rings (SSSR count). The molecule has 0 unspecified atom stereocenters. The van der Waals surface area contributed by atoms with Gasteiger partial charge in [-0.25, -0.2) is 9.59 Å². The largest absolute Gasteiger partial charge is 0.456 e. The second-order valence-corrected chi connectivity index (χ2v) is 11.4. The number of anilines is 1. The summed E-state index contributed by atoms with van der Waals surface area (Å²) in [5, 5.41) is 2.77. The first-order valence-electron chi connectivity index (χ1n) is 12.8. The van der Waals surface area contributed by atoms with E-state index >= 15 is 0 Å². The highest BCUT2D eigenvalue weighted by atomic mass is 16.6. The smallest absolute Gasteiger partial charge is 0.417 e. The zero-order valence-corrected chi connectivity index (χ0v) is 21.2. The number of nitrogens with one attached hydrogen (secondary N) is 1. The Balaban J connectivity index is 1.29. The van der Waals surface area contributed by atoms with Gasteiger partial charge in [-0.2, -0.15) is 0 Å². The molecule has 186 valence electrons. The number of esters is 1. The minimum absolute atomic E-state index is 0.219. The molecule has 3 aliphatic rings. The molecule has 1 N–H and O–H groups in total. The summed E-state index contributed by atoms with van der Waals surface area (Å²) < 4.78 is 11.1. The van der Waals surface area contributed by atoms with Crippen molar-refractivity contribution in [1.29, 1.82) is 0 Å². The van der Waals surface area contributed by atoms with Crippen molar-refractivity contribution in [1.82, 2.24) is 4.90 Å². The third kappa shape index (κ3) is 4.68. The number of carbonyl (C=O) groups excluding carboxylic acids is 2. The molecule has 2 aromatic carbocycles. The minimum Gasteiger partial charge on any atom is -0.456 e. The van der Waals surface area contributed by atoms with Crippen LogP contribution in [0.2, 0.25) is 0 Å². The number of piperidine rings is 1. The first-order chi connectivity index (χ1) is 16.6. The molecule has 2 fully saturated rings. The van der Waals surface area contributed by atoms with Gasteiger partial charge < -0.3 is 14.4 Å². The minimum atomic E-state index is -0.557. The third-order valence-corrected chi connectivity index (χ3v) is 8.06. The topological polar surface area (TPSA) is 67.9 Å². The van der Waals surface area contributed by atoms with Crippen LogP contribution >= 0.6 is 0 Å². The maximum absolute atomic E-state index is 12.7. The van der Waals surface area contributed by atoms with Crippen LogP contribution in [0.5, 0.6) is 5.75 Å². The molecule has 0 spiro atoms. The average Bonchev–Trinajstić information content (AvgIpc) is 2.81. The monoisotopic (exact) mass is 476 g/mol. The zero-order chi connectivity index (χ0) is 24.8. The molecule has 1 saturated heterocycles. The Morgan fingerprint density at radius 3 is 2.57 bits per heavy atom. The second kappa shape index (κ2) is 8.98. The number of rotatable bonds is 3. The van der Waals surface area contributed by atoms with E-state index in [4.69, 9.17) is 9.47 Å². The van der Waals surface area contributed by atoms with Crippen molar-refractivity contribution in [2.24, 2.45) is 5.92 Å². The van der Waals surface area contributed by atoms with Gasteiger partial charge in [-0.15, -0.1) is 0 Å². The van der Waals surface area contributed by atoms with Gasteiger partial charge in [0.25, 0.3) is 0 Å². The Morgan fingerprint density at radius 2 is 1.83 bits per heavy atom. The first-order valence-corrected chi connectivity index (χ1v) is 12.8. The molecular weight excluding hydrogens is 440 g/mol. The fourth-order valence-electron chi connectivity index (χ4n) is 6.52. The number of hydrogen-bond acceptors (Lipinski definition) is 5. The Bertz CT molecular complexity index is 1120. The van der Waals surface area contributed by atoms with Gasteiger partial charge in [0.15, 0.2) is 0 Å². The molecule has 6 nitrogen and oxygen atoms in total. The Kier molecular flexibility index (Phi) is 6.12. The van der Waals surface area contributed by atoms with Crippen molar-refractivity contribution >= 4 is 17.7 Å². The van der Waals surface area contributed by atoms with Gasteiger partial charge in [-0.05, 0) is 113 Å². The molecule has 35 heavy (non-hydrogen) atoms. The summed E-state index contributed by atoms with van der Waals surface area (Å²) in [4.78, 5) is 27.4. The molecule has 3 atom stereocenters. The molecule has 2 aliphatic carbocycles. The summed E-state index contributed by atoms with van der Waals surface area (Å²) in [5.41, 5.74) is 3.47. The molecule has 2 aromatic rings. The molecule has 1 aliphatic heterocycles. The number of hydrogen-bond donors (Lipinski definition) is 1. The van der Waals surface area contributed by atoms with E-state index in [0.717, 1.165) is 13.0 Å². The van der Waals surface area contributed by atoms with E-state index in [1.54, 1.807) is 24.3 Å². The van der Waals surface area contributed by atoms with Crippen LogP contribution in [0, 0.1) is 5.92 Å². The standard InChI is InChI=1S/C29H36N2O4/c1-28(2,3)35-26(32)19-8-11-21(12-9-19)30-27(33)34-22-13-10-20-17-25-23-7-5-6-14-29(23,24(20)18-22)15-16-31(25)4/h8-13,18,23,25H,5-7,14-17H2,1-4H3,(H,30,33)/t23-,25-,29+/m0/s1. The number of likely N-dealkylation sites (N-methyl/N-ethyl adjacent to an activating group) is 1. The van der Waals surface area contributed by atoms with Gasteiger partial charge in [0.2, 0.25) is 0 Å². The molecule has 0 aromatic heterocycles. The number of fused-ring (bicyclic) bond motifs is 1. The molecule has 2 bridgehead atoms. The van der Waals surface area contributed by atoms with Crippen molar-refractivity contribution in [2.45, 2.75) is 76.4 Å². The van der Waals surface area contributed by atoms with Crippen LogP contribution in [0.25, 0.3) is 0 Å². The Morgan fingerprint density at radius 1 is 1.06 bits per heavy atom. The molecule has 0 radical (unpaired) electrons. The van der Waals surface area contributed by atoms with Crippen LogP contribution in [0.3, 0.4) is 0 Å². The van der Waals surface area contributed by atoms with Gasteiger partial charge in [-0.1, -0.05) is 18.9 Å². The number of amides is 1. The van der Waals surface area contributed by atoms with E-state index in [-0.39, 0.29) is 5.41 Å². The maximum Gasteiger partial charge on any atom is 0.417 e.